The molecule has 0 radical (unpaired) electrons. The van der Waals surface area contributed by atoms with Gasteiger partial charge in [-0.1, -0.05) is 30.3 Å². The molecule has 2 aromatic carbocycles. The number of benzene rings is 2. The average molecular weight is 408 g/mol. The van der Waals surface area contributed by atoms with Crippen LogP contribution < -0.4 is 15.5 Å². The summed E-state index contributed by atoms with van der Waals surface area (Å²) in [6.07, 6.45) is 0.336. The molecular weight excluding hydrogens is 378 g/mol. The van der Waals surface area contributed by atoms with Gasteiger partial charge >= 0.3 is 6.03 Å². The molecule has 3 amide bonds. The molecule has 0 aromatic heterocycles. The number of hydrogen-bond acceptors (Lipinski definition) is 4. The largest absolute Gasteiger partial charge is 0.369 e. The smallest absolute Gasteiger partial charge is 0.319 e. The summed E-state index contributed by atoms with van der Waals surface area (Å²) in [6, 6.07) is 17.4. The summed E-state index contributed by atoms with van der Waals surface area (Å²) in [4.78, 5) is 31.2. The Kier molecular flexibility index (Phi) is 6.18. The average Bonchev–Trinajstić information content (AvgIpc) is 3.08. The lowest BCUT2D eigenvalue weighted by atomic mass is 10.2. The van der Waals surface area contributed by atoms with Crippen molar-refractivity contribution in [1.82, 2.24) is 15.1 Å². The molecule has 0 aliphatic carbocycles. The first-order valence-electron chi connectivity index (χ1n) is 10.5. The van der Waals surface area contributed by atoms with Gasteiger partial charge < -0.3 is 25.3 Å². The van der Waals surface area contributed by atoms with E-state index in [1.54, 1.807) is 4.90 Å². The fraction of sp³-hybridized carbons (Fsp3) is 0.391. The van der Waals surface area contributed by atoms with E-state index in [1.165, 1.54) is 5.69 Å². The van der Waals surface area contributed by atoms with Crippen molar-refractivity contribution in [1.29, 1.82) is 0 Å². The van der Waals surface area contributed by atoms with E-state index in [0.717, 1.165) is 37.4 Å². The SMILES string of the molecule is CN1CCN(c2ccc(NC(=O)NC3CC(=O)N(Cc4ccccc4)C3)cc2)CC1. The van der Waals surface area contributed by atoms with E-state index in [0.29, 0.717) is 19.5 Å². The lowest BCUT2D eigenvalue weighted by Crippen LogP contribution is -2.44. The van der Waals surface area contributed by atoms with Gasteiger partial charge in [0.05, 0.1) is 6.04 Å². The number of piperazine rings is 1. The lowest BCUT2D eigenvalue weighted by Gasteiger charge is -2.34. The van der Waals surface area contributed by atoms with Gasteiger partial charge in [-0.25, -0.2) is 4.79 Å². The summed E-state index contributed by atoms with van der Waals surface area (Å²) >= 11 is 0. The van der Waals surface area contributed by atoms with E-state index in [-0.39, 0.29) is 18.0 Å². The van der Waals surface area contributed by atoms with Crippen LogP contribution in [-0.4, -0.2) is 67.6 Å². The van der Waals surface area contributed by atoms with Gasteiger partial charge in [-0.2, -0.15) is 0 Å². The number of urea groups is 1. The van der Waals surface area contributed by atoms with Crippen LogP contribution in [0.4, 0.5) is 16.2 Å². The van der Waals surface area contributed by atoms with Crippen LogP contribution in [0.15, 0.2) is 54.6 Å². The maximum absolute atomic E-state index is 12.4. The second kappa shape index (κ2) is 9.17. The van der Waals surface area contributed by atoms with Crippen LogP contribution in [0.5, 0.6) is 0 Å². The number of carbonyl (C=O) groups is 2. The minimum atomic E-state index is -0.276. The molecule has 2 aromatic rings. The van der Waals surface area contributed by atoms with Crippen molar-refractivity contribution in [3.8, 4) is 0 Å². The van der Waals surface area contributed by atoms with Crippen molar-refractivity contribution < 1.29 is 9.59 Å². The van der Waals surface area contributed by atoms with Crippen LogP contribution in [0.1, 0.15) is 12.0 Å². The van der Waals surface area contributed by atoms with Gasteiger partial charge in [0.25, 0.3) is 0 Å². The molecule has 2 heterocycles. The van der Waals surface area contributed by atoms with Crippen molar-refractivity contribution in [3.05, 3.63) is 60.2 Å². The van der Waals surface area contributed by atoms with E-state index in [1.807, 2.05) is 54.6 Å². The number of nitrogens with zero attached hydrogens (tertiary/aromatic N) is 3. The highest BCUT2D eigenvalue weighted by Crippen LogP contribution is 2.20. The monoisotopic (exact) mass is 407 g/mol. The third-order valence-electron chi connectivity index (χ3n) is 5.76. The predicted octanol–water partition coefficient (Wildman–Crippen LogP) is 2.36. The number of rotatable bonds is 5. The fourth-order valence-electron chi connectivity index (χ4n) is 4.00. The van der Waals surface area contributed by atoms with E-state index in [2.05, 4.69) is 27.5 Å². The first kappa shape index (κ1) is 20.2. The van der Waals surface area contributed by atoms with Gasteiger partial charge in [0, 0.05) is 57.1 Å². The molecule has 2 aliphatic heterocycles. The maximum Gasteiger partial charge on any atom is 0.319 e. The summed E-state index contributed by atoms with van der Waals surface area (Å²) < 4.78 is 0. The van der Waals surface area contributed by atoms with E-state index >= 15 is 0 Å². The molecule has 1 unspecified atom stereocenters. The Balaban J connectivity index is 1.26. The van der Waals surface area contributed by atoms with E-state index in [9.17, 15) is 9.59 Å². The van der Waals surface area contributed by atoms with Gasteiger partial charge in [0.1, 0.15) is 0 Å². The minimum absolute atomic E-state index is 0.0701. The van der Waals surface area contributed by atoms with Crippen LogP contribution >= 0.6 is 0 Å². The molecule has 1 atom stereocenters. The summed E-state index contributed by atoms with van der Waals surface area (Å²) in [5, 5.41) is 5.81. The molecule has 158 valence electrons. The van der Waals surface area contributed by atoms with Crippen molar-refractivity contribution in [2.75, 3.05) is 50.0 Å². The molecule has 0 bridgehead atoms. The fourth-order valence-corrected chi connectivity index (χ4v) is 4.00. The standard InChI is InChI=1S/C23H29N5O2/c1-26-11-13-27(14-12-26)21-9-7-19(8-10-21)24-23(30)25-20-15-22(29)28(17-20)16-18-5-3-2-4-6-18/h2-10,20H,11-17H2,1H3,(H2,24,25,30). The Bertz CT molecular complexity index is 863. The molecule has 4 rings (SSSR count). The molecule has 2 N–H and O–H groups in total. The number of anilines is 2. The first-order valence-corrected chi connectivity index (χ1v) is 10.5. The normalized spacial score (nSPS) is 19.8. The lowest BCUT2D eigenvalue weighted by molar-refractivity contribution is -0.128. The highest BCUT2D eigenvalue weighted by atomic mass is 16.2. The number of carbonyl (C=O) groups excluding carboxylic acids is 2. The molecule has 2 saturated heterocycles. The zero-order valence-electron chi connectivity index (χ0n) is 17.4. The molecule has 2 aliphatic rings. The molecule has 2 fully saturated rings. The van der Waals surface area contributed by atoms with Gasteiger partial charge in [-0.15, -0.1) is 0 Å². The van der Waals surface area contributed by atoms with Gasteiger partial charge in [0.2, 0.25) is 5.91 Å². The van der Waals surface area contributed by atoms with Gasteiger partial charge in [0.15, 0.2) is 0 Å². The number of likely N-dealkylation sites (N-methyl/N-ethyl adjacent to an activating group) is 1. The Morgan fingerprint density at radius 2 is 1.70 bits per heavy atom. The third-order valence-corrected chi connectivity index (χ3v) is 5.76. The Hall–Kier alpha value is -3.06. The molecule has 7 nitrogen and oxygen atoms in total. The summed E-state index contributed by atoms with van der Waals surface area (Å²) in [5.41, 5.74) is 3.01. The molecule has 0 spiro atoms. The summed E-state index contributed by atoms with van der Waals surface area (Å²) in [6.45, 7) is 5.25. The van der Waals surface area contributed by atoms with Gasteiger partial charge in [-0.05, 0) is 36.9 Å². The highest BCUT2D eigenvalue weighted by Gasteiger charge is 2.30. The minimum Gasteiger partial charge on any atom is -0.369 e. The van der Waals surface area contributed by atoms with Crippen LogP contribution in [0.2, 0.25) is 0 Å². The van der Waals surface area contributed by atoms with Crippen LogP contribution in [-0.2, 0) is 11.3 Å². The zero-order chi connectivity index (χ0) is 20.9. The Labute approximate surface area is 177 Å². The predicted molar refractivity (Wildman–Crippen MR) is 119 cm³/mol. The van der Waals surface area contributed by atoms with Gasteiger partial charge in [-0.3, -0.25) is 4.79 Å². The molecule has 30 heavy (non-hydrogen) atoms. The van der Waals surface area contributed by atoms with Crippen molar-refractivity contribution in [2.24, 2.45) is 0 Å². The first-order chi connectivity index (χ1) is 14.6. The molecular formula is C23H29N5O2. The number of nitrogens with one attached hydrogen (secondary N) is 2. The molecule has 7 heteroatoms. The van der Waals surface area contributed by atoms with Crippen LogP contribution in [0.25, 0.3) is 0 Å². The van der Waals surface area contributed by atoms with Crippen LogP contribution in [0, 0.1) is 0 Å². The topological polar surface area (TPSA) is 67.9 Å². The Morgan fingerprint density at radius 1 is 1.00 bits per heavy atom. The van der Waals surface area contributed by atoms with Crippen LogP contribution in [0.3, 0.4) is 0 Å². The third kappa shape index (κ3) is 5.10. The Morgan fingerprint density at radius 3 is 2.40 bits per heavy atom. The maximum atomic E-state index is 12.4. The van der Waals surface area contributed by atoms with Crippen molar-refractivity contribution >= 4 is 23.3 Å². The number of likely N-dealkylation sites (tertiary alicyclic amines) is 1. The van der Waals surface area contributed by atoms with E-state index < -0.39 is 0 Å². The van der Waals surface area contributed by atoms with E-state index in [4.69, 9.17) is 0 Å². The quantitative estimate of drug-likeness (QED) is 0.799. The number of hydrogen-bond donors (Lipinski definition) is 2. The van der Waals surface area contributed by atoms with Crippen molar-refractivity contribution in [3.63, 3.8) is 0 Å². The second-order valence-electron chi connectivity index (χ2n) is 8.10. The zero-order valence-corrected chi connectivity index (χ0v) is 17.4. The van der Waals surface area contributed by atoms with Crippen molar-refractivity contribution in [2.45, 2.75) is 19.0 Å². The summed E-state index contributed by atoms with van der Waals surface area (Å²) in [5.74, 6) is 0.0701. The highest BCUT2D eigenvalue weighted by molar-refractivity contribution is 5.90. The molecule has 0 saturated carbocycles. The number of amides is 3. The summed E-state index contributed by atoms with van der Waals surface area (Å²) in [7, 11) is 2.14. The second-order valence-corrected chi connectivity index (χ2v) is 8.10.